The van der Waals surface area contributed by atoms with Crippen molar-refractivity contribution in [3.05, 3.63) is 77.1 Å². The summed E-state index contributed by atoms with van der Waals surface area (Å²) in [6.07, 6.45) is -0.500. The predicted octanol–water partition coefficient (Wildman–Crippen LogP) is 6.13. The van der Waals surface area contributed by atoms with Gasteiger partial charge in [0.2, 0.25) is 0 Å². The molecule has 0 aromatic heterocycles. The van der Waals surface area contributed by atoms with Crippen LogP contribution in [0.4, 0.5) is 13.2 Å². The van der Waals surface area contributed by atoms with Crippen molar-refractivity contribution in [2.24, 2.45) is 0 Å². The molecule has 0 aliphatic heterocycles. The largest absolute Gasteiger partial charge is 0.487 e. The van der Waals surface area contributed by atoms with E-state index in [1.807, 2.05) is 0 Å². The fourth-order valence-corrected chi connectivity index (χ4v) is 3.57. The number of rotatable bonds is 10. The van der Waals surface area contributed by atoms with Gasteiger partial charge in [-0.25, -0.2) is 18.0 Å². The highest BCUT2D eigenvalue weighted by Crippen LogP contribution is 2.33. The van der Waals surface area contributed by atoms with E-state index in [1.54, 1.807) is 55.5 Å². The summed E-state index contributed by atoms with van der Waals surface area (Å²) in [6, 6.07) is 14.0. The Balaban J connectivity index is 1.93. The van der Waals surface area contributed by atoms with Crippen LogP contribution in [0.2, 0.25) is 0 Å². The molecule has 3 rings (SSSR count). The summed E-state index contributed by atoms with van der Waals surface area (Å²) in [5.41, 5.74) is -0.536. The number of carboxylic acids is 1. The zero-order chi connectivity index (χ0) is 25.8. The van der Waals surface area contributed by atoms with Crippen LogP contribution in [-0.2, 0) is 17.8 Å². The third-order valence-corrected chi connectivity index (χ3v) is 6.14. The third kappa shape index (κ3) is 5.93. The maximum Gasteiger partial charge on any atom is 0.329 e. The fraction of sp³-hybridized carbons (Fsp3) is 0.333. The Morgan fingerprint density at radius 1 is 0.971 bits per heavy atom. The standard InChI is InChI=1S/C27H28F3NO4/c1-4-26(3,25(33)34)31-24(32)21-14-22(28)19-8-6-7-9-20(19)23(21)35-16-18-12-10-17(11-13-18)15-27(29,30)5-2/h6-14H,4-5,15-16H2,1-3H3,(H,31,32)(H,33,34). The van der Waals surface area contributed by atoms with Crippen LogP contribution in [0.3, 0.4) is 0 Å². The first kappa shape index (κ1) is 26.1. The van der Waals surface area contributed by atoms with Gasteiger partial charge >= 0.3 is 5.97 Å². The van der Waals surface area contributed by atoms with Gasteiger partial charge in [-0.2, -0.15) is 0 Å². The van der Waals surface area contributed by atoms with Crippen molar-refractivity contribution in [3.63, 3.8) is 0 Å². The highest BCUT2D eigenvalue weighted by atomic mass is 19.3. The van der Waals surface area contributed by atoms with E-state index in [2.05, 4.69) is 5.32 Å². The van der Waals surface area contributed by atoms with Crippen molar-refractivity contribution in [1.29, 1.82) is 0 Å². The molecule has 0 heterocycles. The van der Waals surface area contributed by atoms with Gasteiger partial charge in [0.15, 0.2) is 0 Å². The topological polar surface area (TPSA) is 75.6 Å². The van der Waals surface area contributed by atoms with E-state index in [0.29, 0.717) is 16.5 Å². The first-order valence-electron chi connectivity index (χ1n) is 11.3. The summed E-state index contributed by atoms with van der Waals surface area (Å²) in [4.78, 5) is 24.7. The van der Waals surface area contributed by atoms with Crippen LogP contribution in [0.25, 0.3) is 10.8 Å². The molecule has 1 amide bonds. The van der Waals surface area contributed by atoms with Crippen LogP contribution < -0.4 is 10.1 Å². The molecule has 0 aliphatic carbocycles. The van der Waals surface area contributed by atoms with E-state index in [0.717, 1.165) is 6.07 Å². The van der Waals surface area contributed by atoms with Crippen molar-refractivity contribution in [1.82, 2.24) is 5.32 Å². The van der Waals surface area contributed by atoms with Crippen molar-refractivity contribution < 1.29 is 32.6 Å². The fourth-order valence-electron chi connectivity index (χ4n) is 3.57. The normalized spacial score (nSPS) is 13.3. The molecule has 1 atom stereocenters. The van der Waals surface area contributed by atoms with Gasteiger partial charge in [-0.05, 0) is 30.5 Å². The molecule has 0 aliphatic rings. The molecule has 0 bridgehead atoms. The summed E-state index contributed by atoms with van der Waals surface area (Å²) in [5, 5.41) is 12.6. The first-order chi connectivity index (χ1) is 16.5. The Morgan fingerprint density at radius 2 is 1.57 bits per heavy atom. The third-order valence-electron chi connectivity index (χ3n) is 6.14. The number of carbonyl (C=O) groups is 2. The van der Waals surface area contributed by atoms with Gasteiger partial charge in [0.1, 0.15) is 23.7 Å². The molecule has 35 heavy (non-hydrogen) atoms. The lowest BCUT2D eigenvalue weighted by Gasteiger charge is -2.25. The molecule has 186 valence electrons. The van der Waals surface area contributed by atoms with Gasteiger partial charge < -0.3 is 15.2 Å². The molecule has 1 unspecified atom stereocenters. The summed E-state index contributed by atoms with van der Waals surface area (Å²) < 4.78 is 48.1. The number of halogens is 3. The van der Waals surface area contributed by atoms with E-state index in [-0.39, 0.29) is 42.6 Å². The van der Waals surface area contributed by atoms with Crippen LogP contribution in [-0.4, -0.2) is 28.4 Å². The minimum Gasteiger partial charge on any atom is -0.487 e. The van der Waals surface area contributed by atoms with Gasteiger partial charge in [0, 0.05) is 23.6 Å². The Hall–Kier alpha value is -3.55. The van der Waals surface area contributed by atoms with Crippen LogP contribution in [0.1, 0.15) is 55.1 Å². The van der Waals surface area contributed by atoms with Gasteiger partial charge in [0.25, 0.3) is 11.8 Å². The number of ether oxygens (including phenoxy) is 1. The van der Waals surface area contributed by atoms with Crippen molar-refractivity contribution >= 4 is 22.6 Å². The Kier molecular flexibility index (Phi) is 7.73. The predicted molar refractivity (Wildman–Crippen MR) is 127 cm³/mol. The SMILES string of the molecule is CCC(F)(F)Cc1ccc(COc2c(C(=O)NC(C)(CC)C(=O)O)cc(F)c3ccccc23)cc1. The van der Waals surface area contributed by atoms with Crippen LogP contribution in [0, 0.1) is 5.82 Å². The Morgan fingerprint density at radius 3 is 2.14 bits per heavy atom. The maximum atomic E-state index is 14.8. The number of hydrogen-bond donors (Lipinski definition) is 2. The molecule has 3 aromatic carbocycles. The average Bonchev–Trinajstić information content (AvgIpc) is 2.84. The number of fused-ring (bicyclic) bond motifs is 1. The summed E-state index contributed by atoms with van der Waals surface area (Å²) in [7, 11) is 0. The number of amides is 1. The Bertz CT molecular complexity index is 1230. The van der Waals surface area contributed by atoms with E-state index in [9.17, 15) is 27.9 Å². The van der Waals surface area contributed by atoms with Crippen LogP contribution in [0.15, 0.2) is 54.6 Å². The average molecular weight is 488 g/mol. The number of carboxylic acid groups (broad SMARTS) is 1. The number of alkyl halides is 2. The molecule has 0 spiro atoms. The molecule has 2 N–H and O–H groups in total. The zero-order valence-electron chi connectivity index (χ0n) is 19.8. The molecule has 0 fully saturated rings. The van der Waals surface area contributed by atoms with Crippen LogP contribution in [0.5, 0.6) is 5.75 Å². The number of nitrogens with one attached hydrogen (secondary N) is 1. The lowest BCUT2D eigenvalue weighted by Crippen LogP contribution is -2.51. The molecule has 8 heteroatoms. The maximum absolute atomic E-state index is 14.8. The second-order valence-corrected chi connectivity index (χ2v) is 8.72. The number of hydrogen-bond acceptors (Lipinski definition) is 3. The number of benzene rings is 3. The minimum absolute atomic E-state index is 0.00959. The van der Waals surface area contributed by atoms with Crippen molar-refractivity contribution in [2.75, 3.05) is 0 Å². The van der Waals surface area contributed by atoms with E-state index < -0.39 is 29.2 Å². The molecular weight excluding hydrogens is 459 g/mol. The minimum atomic E-state index is -2.78. The first-order valence-corrected chi connectivity index (χ1v) is 11.3. The summed E-state index contributed by atoms with van der Waals surface area (Å²) in [6.45, 7) is 4.41. The second kappa shape index (κ2) is 10.4. The van der Waals surface area contributed by atoms with E-state index in [1.165, 1.54) is 13.8 Å². The molecule has 3 aromatic rings. The molecular formula is C27H28F3NO4. The zero-order valence-corrected chi connectivity index (χ0v) is 19.8. The molecule has 0 saturated carbocycles. The van der Waals surface area contributed by atoms with Crippen LogP contribution >= 0.6 is 0 Å². The van der Waals surface area contributed by atoms with Crippen molar-refractivity contribution in [2.45, 2.75) is 58.1 Å². The van der Waals surface area contributed by atoms with Gasteiger partial charge in [-0.15, -0.1) is 0 Å². The highest BCUT2D eigenvalue weighted by Gasteiger charge is 2.34. The van der Waals surface area contributed by atoms with Gasteiger partial charge in [0.05, 0.1) is 5.56 Å². The Labute approximate surface area is 201 Å². The number of carbonyl (C=O) groups excluding carboxylic acids is 1. The summed E-state index contributed by atoms with van der Waals surface area (Å²) >= 11 is 0. The van der Waals surface area contributed by atoms with E-state index >= 15 is 0 Å². The highest BCUT2D eigenvalue weighted by molar-refractivity contribution is 6.05. The van der Waals surface area contributed by atoms with E-state index in [4.69, 9.17) is 4.74 Å². The quantitative estimate of drug-likeness (QED) is 0.361. The smallest absolute Gasteiger partial charge is 0.329 e. The van der Waals surface area contributed by atoms with Gasteiger partial charge in [-0.3, -0.25) is 4.79 Å². The van der Waals surface area contributed by atoms with Gasteiger partial charge in [-0.1, -0.05) is 62.4 Å². The number of aliphatic carboxylic acids is 1. The molecule has 0 saturated heterocycles. The lowest BCUT2D eigenvalue weighted by molar-refractivity contribution is -0.143. The lowest BCUT2D eigenvalue weighted by atomic mass is 9.97. The monoisotopic (exact) mass is 487 g/mol. The second-order valence-electron chi connectivity index (χ2n) is 8.72. The molecule has 5 nitrogen and oxygen atoms in total. The molecule has 0 radical (unpaired) electrons. The van der Waals surface area contributed by atoms with Crippen molar-refractivity contribution in [3.8, 4) is 5.75 Å². The summed E-state index contributed by atoms with van der Waals surface area (Å²) in [5.74, 6) is -5.33.